The Morgan fingerprint density at radius 1 is 1.06 bits per heavy atom. The van der Waals surface area contributed by atoms with Gasteiger partial charge in [-0.25, -0.2) is 4.39 Å². The highest BCUT2D eigenvalue weighted by molar-refractivity contribution is 7.12. The van der Waals surface area contributed by atoms with Crippen LogP contribution in [0.1, 0.15) is 34.1 Å². The van der Waals surface area contributed by atoms with Crippen molar-refractivity contribution in [2.75, 3.05) is 24.6 Å². The van der Waals surface area contributed by atoms with Gasteiger partial charge in [-0.15, -0.1) is 11.3 Å². The smallest absolute Gasteiger partial charge is 0.261 e. The van der Waals surface area contributed by atoms with Gasteiger partial charge in [0.05, 0.1) is 17.5 Å². The molecule has 0 saturated carbocycles. The highest BCUT2D eigenvalue weighted by Crippen LogP contribution is 2.29. The fourth-order valence-corrected chi connectivity index (χ4v) is 4.61. The lowest BCUT2D eigenvalue weighted by Crippen LogP contribution is -2.48. The van der Waals surface area contributed by atoms with E-state index in [1.54, 1.807) is 53.9 Å². The average Bonchev–Trinajstić information content (AvgIpc) is 3.59. The average molecular weight is 496 g/mol. The first kappa shape index (κ1) is 24.6. The number of carbonyl (C=O) groups excluding carboxylic acids is 3. The fraction of sp³-hybridized carbons (Fsp3) is 0.269. The van der Waals surface area contributed by atoms with E-state index in [9.17, 15) is 18.8 Å². The Morgan fingerprint density at radius 2 is 1.89 bits per heavy atom. The number of nitrogens with zero attached hydrogens (tertiary/aromatic N) is 1. The Hall–Kier alpha value is -3.56. The van der Waals surface area contributed by atoms with Crippen molar-refractivity contribution in [1.29, 1.82) is 0 Å². The number of rotatable bonds is 9. The Kier molecular flexibility index (Phi) is 8.23. The summed E-state index contributed by atoms with van der Waals surface area (Å²) in [6.07, 6.45) is 1.69. The SMILES string of the molecule is O=C(NCC(=O)N(c1cccc(F)c1)[C@H](C(=O)NC[C@@H]1CCCO1)c1ccccc1)c1cccs1. The number of amides is 3. The number of benzene rings is 2. The minimum Gasteiger partial charge on any atom is -0.376 e. The summed E-state index contributed by atoms with van der Waals surface area (Å²) in [7, 11) is 0. The number of halogens is 1. The summed E-state index contributed by atoms with van der Waals surface area (Å²) in [5, 5.41) is 7.26. The van der Waals surface area contributed by atoms with Crippen LogP contribution in [-0.4, -0.2) is 43.5 Å². The van der Waals surface area contributed by atoms with Crippen molar-refractivity contribution in [3.8, 4) is 0 Å². The minimum absolute atomic E-state index is 0.0845. The second-order valence-corrected chi connectivity index (χ2v) is 9.04. The molecule has 7 nitrogen and oxygen atoms in total. The van der Waals surface area contributed by atoms with Crippen molar-refractivity contribution < 1.29 is 23.5 Å². The molecule has 1 aliphatic rings. The molecule has 2 heterocycles. The lowest BCUT2D eigenvalue weighted by molar-refractivity contribution is -0.126. The molecule has 1 aliphatic heterocycles. The molecule has 3 aromatic rings. The van der Waals surface area contributed by atoms with Gasteiger partial charge in [0, 0.05) is 18.8 Å². The third-order valence-electron chi connectivity index (χ3n) is 5.65. The zero-order valence-corrected chi connectivity index (χ0v) is 19.8. The monoisotopic (exact) mass is 495 g/mol. The van der Waals surface area contributed by atoms with Crippen molar-refractivity contribution in [1.82, 2.24) is 10.6 Å². The lowest BCUT2D eigenvalue weighted by Gasteiger charge is -2.32. The molecule has 0 radical (unpaired) electrons. The molecule has 4 rings (SSSR count). The fourth-order valence-electron chi connectivity index (χ4n) is 3.97. The van der Waals surface area contributed by atoms with E-state index < -0.39 is 29.6 Å². The number of nitrogens with one attached hydrogen (secondary N) is 2. The Labute approximate surface area is 206 Å². The number of hydrogen-bond acceptors (Lipinski definition) is 5. The van der Waals surface area contributed by atoms with Gasteiger partial charge in [-0.3, -0.25) is 19.3 Å². The van der Waals surface area contributed by atoms with Crippen molar-refractivity contribution in [3.63, 3.8) is 0 Å². The van der Waals surface area contributed by atoms with E-state index in [1.807, 2.05) is 0 Å². The highest BCUT2D eigenvalue weighted by Gasteiger charge is 2.33. The predicted octanol–water partition coefficient (Wildman–Crippen LogP) is 3.69. The van der Waals surface area contributed by atoms with Crippen LogP contribution in [-0.2, 0) is 14.3 Å². The molecule has 0 bridgehead atoms. The second-order valence-electron chi connectivity index (χ2n) is 8.10. The number of thiophene rings is 1. The van der Waals surface area contributed by atoms with E-state index in [0.29, 0.717) is 23.6 Å². The van der Waals surface area contributed by atoms with E-state index in [2.05, 4.69) is 10.6 Å². The Morgan fingerprint density at radius 3 is 2.57 bits per heavy atom. The third-order valence-corrected chi connectivity index (χ3v) is 6.52. The Bertz CT molecular complexity index is 1150. The number of carbonyl (C=O) groups is 3. The maximum absolute atomic E-state index is 14.2. The van der Waals surface area contributed by atoms with Crippen LogP contribution in [0.15, 0.2) is 72.1 Å². The van der Waals surface area contributed by atoms with Crippen molar-refractivity contribution in [2.45, 2.75) is 25.0 Å². The first-order valence-electron chi connectivity index (χ1n) is 11.4. The van der Waals surface area contributed by atoms with Crippen LogP contribution in [0.2, 0.25) is 0 Å². The van der Waals surface area contributed by atoms with Crippen LogP contribution in [0.4, 0.5) is 10.1 Å². The molecule has 2 aromatic carbocycles. The maximum atomic E-state index is 14.2. The van der Waals surface area contributed by atoms with Crippen LogP contribution in [0.3, 0.4) is 0 Å². The van der Waals surface area contributed by atoms with Crippen LogP contribution in [0, 0.1) is 5.82 Å². The van der Waals surface area contributed by atoms with Gasteiger partial charge in [-0.1, -0.05) is 42.5 Å². The van der Waals surface area contributed by atoms with Gasteiger partial charge < -0.3 is 15.4 Å². The molecule has 35 heavy (non-hydrogen) atoms. The van der Waals surface area contributed by atoms with Crippen molar-refractivity contribution >= 4 is 34.7 Å². The molecule has 1 aromatic heterocycles. The summed E-state index contributed by atoms with van der Waals surface area (Å²) in [6.45, 7) is 0.596. The molecule has 0 spiro atoms. The van der Waals surface area contributed by atoms with Gasteiger partial charge in [0.25, 0.3) is 5.91 Å². The molecule has 2 atom stereocenters. The first-order valence-corrected chi connectivity index (χ1v) is 12.2. The molecule has 0 unspecified atom stereocenters. The van der Waals surface area contributed by atoms with E-state index in [1.165, 1.54) is 34.4 Å². The van der Waals surface area contributed by atoms with Crippen LogP contribution in [0.25, 0.3) is 0 Å². The molecular formula is C26H26FN3O4S. The molecule has 0 aliphatic carbocycles. The minimum atomic E-state index is -1.08. The summed E-state index contributed by atoms with van der Waals surface area (Å²) in [4.78, 5) is 41.1. The van der Waals surface area contributed by atoms with E-state index in [4.69, 9.17) is 4.74 Å². The molecule has 9 heteroatoms. The molecule has 182 valence electrons. The normalized spacial score (nSPS) is 15.9. The van der Waals surface area contributed by atoms with Gasteiger partial charge >= 0.3 is 0 Å². The molecule has 1 saturated heterocycles. The maximum Gasteiger partial charge on any atom is 0.261 e. The van der Waals surface area contributed by atoms with Crippen molar-refractivity contribution in [2.24, 2.45) is 0 Å². The van der Waals surface area contributed by atoms with Gasteiger partial charge in [-0.2, -0.15) is 0 Å². The van der Waals surface area contributed by atoms with Gasteiger partial charge in [0.1, 0.15) is 11.9 Å². The Balaban J connectivity index is 1.63. The zero-order valence-electron chi connectivity index (χ0n) is 19.0. The topological polar surface area (TPSA) is 87.7 Å². The molecule has 1 fully saturated rings. The molecule has 2 N–H and O–H groups in total. The largest absolute Gasteiger partial charge is 0.376 e. The van der Waals surface area contributed by atoms with E-state index in [-0.39, 0.29) is 18.3 Å². The van der Waals surface area contributed by atoms with E-state index >= 15 is 0 Å². The third kappa shape index (κ3) is 6.32. The first-order chi connectivity index (χ1) is 17.0. The lowest BCUT2D eigenvalue weighted by atomic mass is 10.0. The predicted molar refractivity (Wildman–Crippen MR) is 132 cm³/mol. The summed E-state index contributed by atoms with van der Waals surface area (Å²) in [5.41, 5.74) is 0.765. The summed E-state index contributed by atoms with van der Waals surface area (Å²) < 4.78 is 19.8. The van der Waals surface area contributed by atoms with Crippen LogP contribution >= 0.6 is 11.3 Å². The highest BCUT2D eigenvalue weighted by atomic mass is 32.1. The van der Waals surface area contributed by atoms with Gasteiger partial charge in [0.15, 0.2) is 0 Å². The quantitative estimate of drug-likeness (QED) is 0.474. The molecular weight excluding hydrogens is 469 g/mol. The number of ether oxygens (including phenoxy) is 1. The number of anilines is 1. The van der Waals surface area contributed by atoms with Crippen LogP contribution < -0.4 is 15.5 Å². The molecule has 3 amide bonds. The van der Waals surface area contributed by atoms with Gasteiger partial charge in [-0.05, 0) is 48.1 Å². The van der Waals surface area contributed by atoms with Crippen molar-refractivity contribution in [3.05, 3.63) is 88.4 Å². The summed E-state index contributed by atoms with van der Waals surface area (Å²) in [5.74, 6) is -1.92. The number of hydrogen-bond donors (Lipinski definition) is 2. The second kappa shape index (κ2) is 11.7. The van der Waals surface area contributed by atoms with E-state index in [0.717, 1.165) is 12.8 Å². The van der Waals surface area contributed by atoms with Gasteiger partial charge in [0.2, 0.25) is 11.8 Å². The van der Waals surface area contributed by atoms with Crippen LogP contribution in [0.5, 0.6) is 0 Å². The summed E-state index contributed by atoms with van der Waals surface area (Å²) >= 11 is 1.25. The summed E-state index contributed by atoms with van der Waals surface area (Å²) in [6, 6.07) is 16.6. The standard InChI is InChI=1S/C26H26FN3O4S/c27-19-9-4-10-20(15-19)30(23(31)17-29-25(32)22-12-6-14-35-22)24(18-7-2-1-3-8-18)26(33)28-16-21-11-5-13-34-21/h1-4,6-10,12,14-15,21,24H,5,11,13,16-17H2,(H,28,33)(H,29,32)/t21-,24-/m0/s1. The zero-order chi connectivity index (χ0) is 24.6.